The predicted molar refractivity (Wildman–Crippen MR) is 213 cm³/mol. The Kier molecular flexibility index (Phi) is 17.9. The van der Waals surface area contributed by atoms with Crippen LogP contribution in [0.25, 0.3) is 0 Å². The Bertz CT molecular complexity index is 1530. The number of imidazole rings is 1. The molecule has 17 heteroatoms. The minimum atomic E-state index is -1.15. The van der Waals surface area contributed by atoms with Crippen LogP contribution in [0.5, 0.6) is 0 Å². The number of aromatic nitrogens is 2. The van der Waals surface area contributed by atoms with Crippen molar-refractivity contribution < 1.29 is 38.7 Å². The van der Waals surface area contributed by atoms with E-state index in [0.29, 0.717) is 37.8 Å². The minimum Gasteiger partial charge on any atom is -0.480 e. The number of aromatic amines is 1. The molecular weight excluding hydrogens is 734 g/mol. The number of H-pyrrole nitrogens is 1. The van der Waals surface area contributed by atoms with E-state index in [0.717, 1.165) is 0 Å². The quantitative estimate of drug-likeness (QED) is 0.0943. The first-order valence-electron chi connectivity index (χ1n) is 20.6. The summed E-state index contributed by atoms with van der Waals surface area (Å²) in [6.45, 7) is 15.8. The van der Waals surface area contributed by atoms with Gasteiger partial charge in [0.25, 0.3) is 0 Å². The van der Waals surface area contributed by atoms with Gasteiger partial charge in [0.05, 0.1) is 12.4 Å². The molecule has 2 fully saturated rings. The lowest BCUT2D eigenvalue weighted by Gasteiger charge is -2.33. The first-order chi connectivity index (χ1) is 26.8. The average Bonchev–Trinajstić information content (AvgIpc) is 3.91. The number of carboxylic acids is 1. The summed E-state index contributed by atoms with van der Waals surface area (Å²) in [6.07, 6.45) is 6.05. The molecule has 0 aromatic carbocycles. The summed E-state index contributed by atoms with van der Waals surface area (Å²) < 4.78 is 0. The number of hydrogen-bond donors (Lipinski definition) is 7. The van der Waals surface area contributed by atoms with Crippen molar-refractivity contribution >= 4 is 41.4 Å². The Balaban J connectivity index is 1.79. The van der Waals surface area contributed by atoms with Gasteiger partial charge in [-0.1, -0.05) is 55.4 Å². The van der Waals surface area contributed by atoms with Crippen LogP contribution in [-0.2, 0) is 40.0 Å². The van der Waals surface area contributed by atoms with Gasteiger partial charge in [-0.25, -0.2) is 9.78 Å². The molecule has 1 aromatic rings. The standard InChI is InChI=1S/C40H67N9O8/c1-22(2)15-27(41)34(50)44-28(19-26-20-42-21-43-26)35(51)45-29(16-23(3)4)38(54)48-13-9-11-32(48)36(52)46-30(17-24(5)6)39(55)49-14-10-12-33(49)37(53)47-31(40(56)57)18-25(7)8/h20-25,27-33H,9-19,41H2,1-8H3,(H,42,43)(H,44,50)(H,45,51)(H,46,52)(H,47,53)(H,56,57)/t27-,28-,29-,30-,31-,32-,33-/m0/s1. The van der Waals surface area contributed by atoms with Crippen molar-refractivity contribution in [3.8, 4) is 0 Å². The highest BCUT2D eigenvalue weighted by Gasteiger charge is 2.42. The van der Waals surface area contributed by atoms with Crippen LogP contribution in [0.1, 0.15) is 112 Å². The fourth-order valence-electron chi connectivity index (χ4n) is 7.61. The maximum absolute atomic E-state index is 14.3. The molecule has 2 aliphatic rings. The highest BCUT2D eigenvalue weighted by molar-refractivity contribution is 5.97. The van der Waals surface area contributed by atoms with E-state index in [9.17, 15) is 38.7 Å². The van der Waals surface area contributed by atoms with Gasteiger partial charge in [0.2, 0.25) is 35.4 Å². The zero-order valence-corrected chi connectivity index (χ0v) is 35.0. The Morgan fingerprint density at radius 1 is 0.684 bits per heavy atom. The third kappa shape index (κ3) is 14.1. The van der Waals surface area contributed by atoms with Gasteiger partial charge in [0.1, 0.15) is 36.3 Å². The Morgan fingerprint density at radius 3 is 1.56 bits per heavy atom. The van der Waals surface area contributed by atoms with Crippen molar-refractivity contribution in [3.63, 3.8) is 0 Å². The topological polar surface area (TPSA) is 249 Å². The number of hydrogen-bond acceptors (Lipinski definition) is 9. The highest BCUT2D eigenvalue weighted by atomic mass is 16.4. The van der Waals surface area contributed by atoms with Gasteiger partial charge >= 0.3 is 5.97 Å². The Morgan fingerprint density at radius 2 is 1.12 bits per heavy atom. The summed E-state index contributed by atoms with van der Waals surface area (Å²) in [6, 6.07) is -6.79. The van der Waals surface area contributed by atoms with E-state index in [2.05, 4.69) is 31.2 Å². The van der Waals surface area contributed by atoms with Crippen LogP contribution in [0, 0.1) is 23.7 Å². The van der Waals surface area contributed by atoms with Gasteiger partial charge in [-0.3, -0.25) is 28.8 Å². The van der Waals surface area contributed by atoms with E-state index in [1.807, 2.05) is 55.4 Å². The molecule has 8 N–H and O–H groups in total. The summed E-state index contributed by atoms with van der Waals surface area (Å²) >= 11 is 0. The number of carbonyl (C=O) groups is 7. The van der Waals surface area contributed by atoms with E-state index in [1.165, 1.54) is 16.1 Å². The molecule has 1 aromatic heterocycles. The number of likely N-dealkylation sites (tertiary alicyclic amines) is 2. The molecule has 0 aliphatic carbocycles. The van der Waals surface area contributed by atoms with Gasteiger partial charge in [0, 0.05) is 31.4 Å². The van der Waals surface area contributed by atoms with E-state index in [4.69, 9.17) is 5.73 Å². The molecule has 57 heavy (non-hydrogen) atoms. The van der Waals surface area contributed by atoms with Crippen molar-refractivity contribution in [2.75, 3.05) is 13.1 Å². The second kappa shape index (κ2) is 21.8. The van der Waals surface area contributed by atoms with Crippen molar-refractivity contribution in [2.24, 2.45) is 29.4 Å². The lowest BCUT2D eigenvalue weighted by Crippen LogP contribution is -2.60. The van der Waals surface area contributed by atoms with E-state index < -0.39 is 83.7 Å². The number of carbonyl (C=O) groups excluding carboxylic acids is 6. The van der Waals surface area contributed by atoms with Gasteiger partial charge in [0.15, 0.2) is 0 Å². The Labute approximate surface area is 336 Å². The van der Waals surface area contributed by atoms with E-state index in [-0.39, 0.29) is 62.4 Å². The molecule has 2 aliphatic heterocycles. The number of carboxylic acid groups (broad SMARTS) is 1. The van der Waals surface area contributed by atoms with Gasteiger partial charge in [-0.05, 0) is 75.0 Å². The molecule has 6 amide bonds. The summed E-state index contributed by atoms with van der Waals surface area (Å²) in [5, 5.41) is 20.8. The minimum absolute atomic E-state index is 0.0152. The van der Waals surface area contributed by atoms with Crippen molar-refractivity contribution in [3.05, 3.63) is 18.2 Å². The molecule has 0 radical (unpaired) electrons. The molecule has 17 nitrogen and oxygen atoms in total. The van der Waals surface area contributed by atoms with Crippen LogP contribution in [0.3, 0.4) is 0 Å². The molecule has 3 heterocycles. The zero-order valence-electron chi connectivity index (χ0n) is 35.0. The fraction of sp³-hybridized carbons (Fsp3) is 0.750. The number of nitrogens with two attached hydrogens (primary N) is 1. The highest BCUT2D eigenvalue weighted by Crippen LogP contribution is 2.24. The molecule has 7 atom stereocenters. The maximum atomic E-state index is 14.3. The fourth-order valence-corrected chi connectivity index (χ4v) is 7.61. The van der Waals surface area contributed by atoms with Crippen LogP contribution in [-0.4, -0.2) is 122 Å². The van der Waals surface area contributed by atoms with Gasteiger partial charge in [-0.15, -0.1) is 0 Å². The SMILES string of the molecule is CC(C)C[C@H](NC(=O)[C@@H]1CCCN1C(=O)[C@H](CC(C)C)NC(=O)[C@@H]1CCCN1C(=O)[C@H](CC(C)C)NC(=O)[C@H](Cc1cnc[nH]1)NC(=O)[C@@H](N)CC(C)C)C(=O)O. The maximum Gasteiger partial charge on any atom is 0.326 e. The molecule has 3 rings (SSSR count). The first-order valence-corrected chi connectivity index (χ1v) is 20.6. The molecule has 0 spiro atoms. The second-order valence-electron chi connectivity index (χ2n) is 17.4. The predicted octanol–water partition coefficient (Wildman–Crippen LogP) is 1.47. The molecule has 0 saturated carbocycles. The Hall–Kier alpha value is -4.54. The molecule has 0 unspecified atom stereocenters. The lowest BCUT2D eigenvalue weighted by atomic mass is 10.00. The number of aliphatic carboxylic acids is 1. The van der Waals surface area contributed by atoms with E-state index in [1.54, 1.807) is 6.20 Å². The summed E-state index contributed by atoms with van der Waals surface area (Å²) in [5.74, 6) is -4.03. The molecular formula is C40H67N9O8. The van der Waals surface area contributed by atoms with Crippen molar-refractivity contribution in [2.45, 2.75) is 155 Å². The summed E-state index contributed by atoms with van der Waals surface area (Å²) in [4.78, 5) is 104. The summed E-state index contributed by atoms with van der Waals surface area (Å²) in [7, 11) is 0. The van der Waals surface area contributed by atoms with Crippen LogP contribution in [0.2, 0.25) is 0 Å². The number of nitrogens with one attached hydrogen (secondary N) is 5. The second-order valence-corrected chi connectivity index (χ2v) is 17.4. The third-order valence-electron chi connectivity index (χ3n) is 10.3. The summed E-state index contributed by atoms with van der Waals surface area (Å²) in [5.41, 5.74) is 6.73. The largest absolute Gasteiger partial charge is 0.480 e. The number of amides is 6. The number of nitrogens with zero attached hydrogens (tertiary/aromatic N) is 3. The zero-order chi connectivity index (χ0) is 42.6. The van der Waals surface area contributed by atoms with Crippen LogP contribution in [0.4, 0.5) is 0 Å². The van der Waals surface area contributed by atoms with Crippen molar-refractivity contribution in [1.29, 1.82) is 0 Å². The molecule has 0 bridgehead atoms. The van der Waals surface area contributed by atoms with Gasteiger partial charge in [-0.2, -0.15) is 0 Å². The van der Waals surface area contributed by atoms with Crippen LogP contribution >= 0.6 is 0 Å². The monoisotopic (exact) mass is 802 g/mol. The smallest absolute Gasteiger partial charge is 0.326 e. The van der Waals surface area contributed by atoms with Crippen LogP contribution in [0.15, 0.2) is 12.5 Å². The molecule has 320 valence electrons. The van der Waals surface area contributed by atoms with E-state index >= 15 is 0 Å². The first kappa shape index (κ1) is 46.8. The lowest BCUT2D eigenvalue weighted by molar-refractivity contribution is -0.146. The van der Waals surface area contributed by atoms with Crippen molar-refractivity contribution in [1.82, 2.24) is 41.0 Å². The third-order valence-corrected chi connectivity index (χ3v) is 10.3. The average molecular weight is 802 g/mol. The number of rotatable bonds is 21. The van der Waals surface area contributed by atoms with Gasteiger partial charge < -0.3 is 46.9 Å². The normalized spacial score (nSPS) is 19.7. The molecule has 2 saturated heterocycles. The van der Waals surface area contributed by atoms with Crippen LogP contribution < -0.4 is 27.0 Å².